The van der Waals surface area contributed by atoms with Gasteiger partial charge in [0.25, 0.3) is 5.91 Å². The predicted octanol–water partition coefficient (Wildman–Crippen LogP) is 2.40. The highest BCUT2D eigenvalue weighted by molar-refractivity contribution is 6.31. The lowest BCUT2D eigenvalue weighted by atomic mass is 10.1. The number of anilines is 1. The minimum absolute atomic E-state index is 0.278. The zero-order valence-electron chi connectivity index (χ0n) is 10.2. The number of amides is 1. The molecular weight excluding hydrogens is 283 g/mol. The van der Waals surface area contributed by atoms with E-state index in [1.807, 2.05) is 0 Å². The Bertz CT molecular complexity index is 701. The second-order valence-electron chi connectivity index (χ2n) is 3.84. The molecule has 4 nitrogen and oxygen atoms in total. The SMILES string of the molecule is O=C(Nc1ccc(F)cc1C#CCO)c1cc(Cl)c[nH]1. The molecule has 0 bridgehead atoms. The summed E-state index contributed by atoms with van der Waals surface area (Å²) in [7, 11) is 0. The van der Waals surface area contributed by atoms with Crippen LogP contribution in [0.3, 0.4) is 0 Å². The van der Waals surface area contributed by atoms with Gasteiger partial charge in [0.2, 0.25) is 0 Å². The maximum atomic E-state index is 13.2. The molecule has 0 saturated heterocycles. The molecule has 20 heavy (non-hydrogen) atoms. The molecule has 6 heteroatoms. The average Bonchev–Trinajstić information content (AvgIpc) is 2.85. The van der Waals surface area contributed by atoms with E-state index in [1.54, 1.807) is 0 Å². The van der Waals surface area contributed by atoms with E-state index in [4.69, 9.17) is 16.7 Å². The first-order valence-electron chi connectivity index (χ1n) is 5.64. The van der Waals surface area contributed by atoms with Crippen LogP contribution in [-0.2, 0) is 0 Å². The molecule has 2 aromatic rings. The third-order valence-corrected chi connectivity index (χ3v) is 2.64. The van der Waals surface area contributed by atoms with Crippen molar-refractivity contribution in [1.82, 2.24) is 4.98 Å². The summed E-state index contributed by atoms with van der Waals surface area (Å²) in [5.41, 5.74) is 0.911. The molecule has 1 aromatic carbocycles. The number of halogens is 2. The smallest absolute Gasteiger partial charge is 0.272 e. The fourth-order valence-electron chi connectivity index (χ4n) is 1.55. The Morgan fingerprint density at radius 3 is 2.90 bits per heavy atom. The minimum Gasteiger partial charge on any atom is -0.384 e. The van der Waals surface area contributed by atoms with Crippen LogP contribution in [0, 0.1) is 17.7 Å². The largest absolute Gasteiger partial charge is 0.384 e. The van der Waals surface area contributed by atoms with Gasteiger partial charge in [-0.1, -0.05) is 23.4 Å². The number of hydrogen-bond acceptors (Lipinski definition) is 2. The summed E-state index contributed by atoms with van der Waals surface area (Å²) in [5.74, 6) is 4.08. The molecule has 3 N–H and O–H groups in total. The number of aliphatic hydroxyl groups excluding tert-OH is 1. The molecule has 1 aromatic heterocycles. The summed E-state index contributed by atoms with van der Waals surface area (Å²) in [6.45, 7) is -0.351. The van der Waals surface area contributed by atoms with Gasteiger partial charge in [-0.15, -0.1) is 0 Å². The van der Waals surface area contributed by atoms with Crippen LogP contribution in [0.25, 0.3) is 0 Å². The number of nitrogens with one attached hydrogen (secondary N) is 2. The first-order valence-corrected chi connectivity index (χ1v) is 6.02. The standard InChI is InChI=1S/C14H10ClFN2O2/c15-10-7-13(17-8-10)14(20)18-12-4-3-11(16)6-9(12)2-1-5-19/h3-4,6-8,17,19H,5H2,(H,18,20). The van der Waals surface area contributed by atoms with Crippen molar-refractivity contribution in [2.75, 3.05) is 11.9 Å². The van der Waals surface area contributed by atoms with Gasteiger partial charge >= 0.3 is 0 Å². The topological polar surface area (TPSA) is 65.1 Å². The zero-order chi connectivity index (χ0) is 14.5. The van der Waals surface area contributed by atoms with Crippen LogP contribution in [0.4, 0.5) is 10.1 Å². The Morgan fingerprint density at radius 2 is 2.25 bits per heavy atom. The van der Waals surface area contributed by atoms with Crippen LogP contribution in [0.5, 0.6) is 0 Å². The number of benzene rings is 1. The van der Waals surface area contributed by atoms with E-state index in [0.29, 0.717) is 10.7 Å². The lowest BCUT2D eigenvalue weighted by Gasteiger charge is -2.06. The number of aromatic nitrogens is 1. The quantitative estimate of drug-likeness (QED) is 0.744. The van der Waals surface area contributed by atoms with Crippen LogP contribution in [0.2, 0.25) is 5.02 Å². The molecule has 0 aliphatic carbocycles. The van der Waals surface area contributed by atoms with Gasteiger partial charge in [-0.2, -0.15) is 0 Å². The molecule has 0 aliphatic rings. The number of aromatic amines is 1. The number of carbonyl (C=O) groups is 1. The second-order valence-corrected chi connectivity index (χ2v) is 4.27. The predicted molar refractivity (Wildman–Crippen MR) is 74.1 cm³/mol. The third kappa shape index (κ3) is 3.38. The van der Waals surface area contributed by atoms with Crippen molar-refractivity contribution < 1.29 is 14.3 Å². The monoisotopic (exact) mass is 292 g/mol. The van der Waals surface area contributed by atoms with Gasteiger partial charge in [-0.25, -0.2) is 4.39 Å². The molecule has 1 heterocycles. The third-order valence-electron chi connectivity index (χ3n) is 2.42. The zero-order valence-corrected chi connectivity index (χ0v) is 11.0. The highest BCUT2D eigenvalue weighted by Gasteiger charge is 2.10. The van der Waals surface area contributed by atoms with Crippen molar-refractivity contribution in [3.05, 3.63) is 52.6 Å². The molecule has 0 spiro atoms. The highest BCUT2D eigenvalue weighted by Crippen LogP contribution is 2.18. The number of hydrogen-bond donors (Lipinski definition) is 3. The number of aliphatic hydroxyl groups is 1. The van der Waals surface area contributed by atoms with Crippen molar-refractivity contribution in [2.24, 2.45) is 0 Å². The molecule has 0 aliphatic heterocycles. The highest BCUT2D eigenvalue weighted by atomic mass is 35.5. The lowest BCUT2D eigenvalue weighted by molar-refractivity contribution is 0.102. The summed E-state index contributed by atoms with van der Waals surface area (Å²) in [5, 5.41) is 11.7. The first kappa shape index (κ1) is 14.1. The van der Waals surface area contributed by atoms with Crippen LogP contribution < -0.4 is 5.32 Å². The van der Waals surface area contributed by atoms with E-state index in [-0.39, 0.29) is 17.9 Å². The van der Waals surface area contributed by atoms with Gasteiger partial charge < -0.3 is 15.4 Å². The Labute approximate surface area is 119 Å². The maximum Gasteiger partial charge on any atom is 0.272 e. The van der Waals surface area contributed by atoms with Crippen molar-refractivity contribution in [2.45, 2.75) is 0 Å². The molecular formula is C14H10ClFN2O2. The number of H-pyrrole nitrogens is 1. The van der Waals surface area contributed by atoms with Gasteiger partial charge in [0.15, 0.2) is 0 Å². The Hall–Kier alpha value is -2.29. The van der Waals surface area contributed by atoms with Gasteiger partial charge in [0.05, 0.1) is 16.3 Å². The van der Waals surface area contributed by atoms with Gasteiger partial charge in [0.1, 0.15) is 18.1 Å². The van der Waals surface area contributed by atoms with Crippen molar-refractivity contribution >= 4 is 23.2 Å². The summed E-state index contributed by atoms with van der Waals surface area (Å²) in [6, 6.07) is 5.26. The Morgan fingerprint density at radius 1 is 1.45 bits per heavy atom. The van der Waals surface area contributed by atoms with Gasteiger partial charge in [-0.05, 0) is 24.3 Å². The summed E-state index contributed by atoms with van der Waals surface area (Å²) >= 11 is 5.72. The molecule has 0 unspecified atom stereocenters. The Kier molecular flexibility index (Phi) is 4.41. The second kappa shape index (κ2) is 6.24. The van der Waals surface area contributed by atoms with Crippen LogP contribution in [-0.4, -0.2) is 22.6 Å². The van der Waals surface area contributed by atoms with Crippen LogP contribution in [0.1, 0.15) is 16.1 Å². The summed E-state index contributed by atoms with van der Waals surface area (Å²) in [6.07, 6.45) is 1.48. The Balaban J connectivity index is 2.26. The average molecular weight is 293 g/mol. The van der Waals surface area contributed by atoms with Crippen LogP contribution in [0.15, 0.2) is 30.5 Å². The molecule has 102 valence electrons. The van der Waals surface area contributed by atoms with Gasteiger partial charge in [0, 0.05) is 6.20 Å². The van der Waals surface area contributed by atoms with Gasteiger partial charge in [-0.3, -0.25) is 4.79 Å². The molecule has 0 radical (unpaired) electrons. The number of rotatable bonds is 2. The van der Waals surface area contributed by atoms with E-state index >= 15 is 0 Å². The fraction of sp³-hybridized carbons (Fsp3) is 0.0714. The normalized spacial score (nSPS) is 9.75. The molecule has 0 saturated carbocycles. The molecule has 1 amide bonds. The molecule has 2 rings (SSSR count). The van der Waals surface area contributed by atoms with Crippen molar-refractivity contribution in [3.63, 3.8) is 0 Å². The lowest BCUT2D eigenvalue weighted by Crippen LogP contribution is -2.13. The molecule has 0 fully saturated rings. The number of carbonyl (C=O) groups excluding carboxylic acids is 1. The van der Waals surface area contributed by atoms with E-state index in [0.717, 1.165) is 0 Å². The van der Waals surface area contributed by atoms with E-state index in [1.165, 1.54) is 30.5 Å². The van der Waals surface area contributed by atoms with E-state index in [2.05, 4.69) is 22.1 Å². The minimum atomic E-state index is -0.479. The summed E-state index contributed by atoms with van der Waals surface area (Å²) in [4.78, 5) is 14.7. The van der Waals surface area contributed by atoms with Crippen molar-refractivity contribution in [3.8, 4) is 11.8 Å². The van der Waals surface area contributed by atoms with Crippen molar-refractivity contribution in [1.29, 1.82) is 0 Å². The molecule has 0 atom stereocenters. The first-order chi connectivity index (χ1) is 9.60. The van der Waals surface area contributed by atoms with E-state index in [9.17, 15) is 9.18 Å². The van der Waals surface area contributed by atoms with Crippen LogP contribution >= 0.6 is 11.6 Å². The maximum absolute atomic E-state index is 13.2. The van der Waals surface area contributed by atoms with E-state index < -0.39 is 11.7 Å². The fourth-order valence-corrected chi connectivity index (χ4v) is 1.72. The summed E-state index contributed by atoms with van der Waals surface area (Å²) < 4.78 is 13.2.